The maximum Gasteiger partial charge on any atom is 0.268 e. The second-order valence-corrected chi connectivity index (χ2v) is 6.01. The molecule has 1 saturated heterocycles. The Bertz CT molecular complexity index is 958. The molecule has 1 aromatic carbocycles. The van der Waals surface area contributed by atoms with Gasteiger partial charge in [-0.25, -0.2) is 4.98 Å². The molecule has 0 saturated carbocycles. The van der Waals surface area contributed by atoms with E-state index in [1.54, 1.807) is 16.8 Å². The van der Waals surface area contributed by atoms with Crippen LogP contribution in [0.15, 0.2) is 64.6 Å². The molecule has 0 aliphatic carbocycles. The van der Waals surface area contributed by atoms with Gasteiger partial charge in [0.25, 0.3) is 5.56 Å². The molecule has 0 spiro atoms. The van der Waals surface area contributed by atoms with E-state index in [-0.39, 0.29) is 5.56 Å². The number of rotatable bonds is 4. The first-order valence-electron chi connectivity index (χ1n) is 8.43. The maximum atomic E-state index is 12.9. The second-order valence-electron chi connectivity index (χ2n) is 6.01. The molecule has 0 amide bonds. The Balaban J connectivity index is 1.76. The number of nitrogens with zero attached hydrogens (tertiary/aromatic N) is 4. The number of nitrogens with one attached hydrogen (secondary N) is 1. The van der Waals surface area contributed by atoms with Gasteiger partial charge in [0.15, 0.2) is 0 Å². The minimum atomic E-state index is -0.105. The SMILES string of the molecule is O=c1c(C=NNc2ccccc2)c(N2CCCC2)nc2ccccn12. The number of anilines is 2. The summed E-state index contributed by atoms with van der Waals surface area (Å²) < 4.78 is 1.56. The highest BCUT2D eigenvalue weighted by Crippen LogP contribution is 2.20. The van der Waals surface area contributed by atoms with Crippen molar-refractivity contribution in [1.82, 2.24) is 9.38 Å². The van der Waals surface area contributed by atoms with Crippen LogP contribution in [0.3, 0.4) is 0 Å². The molecule has 2 aromatic heterocycles. The molecule has 0 atom stereocenters. The molecule has 0 unspecified atom stereocenters. The van der Waals surface area contributed by atoms with Crippen LogP contribution in [0, 0.1) is 0 Å². The van der Waals surface area contributed by atoms with Crippen molar-refractivity contribution in [2.75, 3.05) is 23.4 Å². The Morgan fingerprint density at radius 3 is 2.60 bits per heavy atom. The van der Waals surface area contributed by atoms with Gasteiger partial charge in [-0.2, -0.15) is 5.10 Å². The van der Waals surface area contributed by atoms with Gasteiger partial charge in [0, 0.05) is 19.3 Å². The van der Waals surface area contributed by atoms with Gasteiger partial charge in [-0.1, -0.05) is 24.3 Å². The molecular weight excluding hydrogens is 314 g/mol. The monoisotopic (exact) mass is 333 g/mol. The van der Waals surface area contributed by atoms with E-state index in [0.717, 1.165) is 31.6 Å². The predicted molar refractivity (Wildman–Crippen MR) is 101 cm³/mol. The molecule has 1 N–H and O–H groups in total. The lowest BCUT2D eigenvalue weighted by Gasteiger charge is -2.19. The minimum Gasteiger partial charge on any atom is -0.356 e. The number of fused-ring (bicyclic) bond motifs is 1. The highest BCUT2D eigenvalue weighted by atomic mass is 16.1. The Morgan fingerprint density at radius 2 is 1.80 bits per heavy atom. The topological polar surface area (TPSA) is 62.0 Å². The van der Waals surface area contributed by atoms with Crippen LogP contribution in [0.5, 0.6) is 0 Å². The van der Waals surface area contributed by atoms with E-state index in [1.807, 2.05) is 48.5 Å². The van der Waals surface area contributed by atoms with Gasteiger partial charge >= 0.3 is 0 Å². The molecule has 6 nitrogen and oxygen atoms in total. The molecule has 0 bridgehead atoms. The van der Waals surface area contributed by atoms with E-state index in [4.69, 9.17) is 4.98 Å². The number of para-hydroxylation sites is 1. The average Bonchev–Trinajstić information content (AvgIpc) is 3.19. The van der Waals surface area contributed by atoms with Crippen molar-refractivity contribution in [2.45, 2.75) is 12.8 Å². The molecule has 1 aliphatic rings. The van der Waals surface area contributed by atoms with Crippen LogP contribution < -0.4 is 15.9 Å². The summed E-state index contributed by atoms with van der Waals surface area (Å²) in [6.45, 7) is 1.84. The van der Waals surface area contributed by atoms with Crippen LogP contribution in [0.4, 0.5) is 11.5 Å². The fourth-order valence-corrected chi connectivity index (χ4v) is 3.06. The molecule has 1 aliphatic heterocycles. The largest absolute Gasteiger partial charge is 0.356 e. The lowest BCUT2D eigenvalue weighted by molar-refractivity contribution is 0.916. The molecule has 3 aromatic rings. The van der Waals surface area contributed by atoms with Crippen molar-refractivity contribution in [3.8, 4) is 0 Å². The zero-order chi connectivity index (χ0) is 17.1. The Hall–Kier alpha value is -3.15. The van der Waals surface area contributed by atoms with Gasteiger partial charge in [-0.15, -0.1) is 0 Å². The van der Waals surface area contributed by atoms with Gasteiger partial charge in [0.1, 0.15) is 17.0 Å². The van der Waals surface area contributed by atoms with E-state index in [9.17, 15) is 4.79 Å². The Morgan fingerprint density at radius 1 is 1.04 bits per heavy atom. The fraction of sp³-hybridized carbons (Fsp3) is 0.211. The maximum absolute atomic E-state index is 12.9. The highest BCUT2D eigenvalue weighted by molar-refractivity contribution is 5.87. The van der Waals surface area contributed by atoms with Crippen molar-refractivity contribution in [2.24, 2.45) is 5.10 Å². The summed E-state index contributed by atoms with van der Waals surface area (Å²) in [5, 5.41) is 4.26. The molecule has 6 heteroatoms. The number of hydrogen-bond acceptors (Lipinski definition) is 5. The van der Waals surface area contributed by atoms with Crippen molar-refractivity contribution in [1.29, 1.82) is 0 Å². The summed E-state index contributed by atoms with van der Waals surface area (Å²) in [4.78, 5) is 19.8. The second kappa shape index (κ2) is 6.76. The van der Waals surface area contributed by atoms with E-state index in [0.29, 0.717) is 17.0 Å². The Kier molecular flexibility index (Phi) is 4.16. The van der Waals surface area contributed by atoms with Crippen molar-refractivity contribution < 1.29 is 0 Å². The van der Waals surface area contributed by atoms with Crippen molar-refractivity contribution in [3.05, 3.63) is 70.6 Å². The zero-order valence-electron chi connectivity index (χ0n) is 13.8. The Labute approximate surface area is 145 Å². The summed E-state index contributed by atoms with van der Waals surface area (Å²) in [5.41, 5.74) is 4.89. The lowest BCUT2D eigenvalue weighted by Crippen LogP contribution is -2.28. The molecule has 25 heavy (non-hydrogen) atoms. The number of hydrogen-bond donors (Lipinski definition) is 1. The van der Waals surface area contributed by atoms with E-state index < -0.39 is 0 Å². The van der Waals surface area contributed by atoms with E-state index in [1.165, 1.54) is 0 Å². The minimum absolute atomic E-state index is 0.105. The molecule has 1 fully saturated rings. The van der Waals surface area contributed by atoms with Crippen molar-refractivity contribution in [3.63, 3.8) is 0 Å². The lowest BCUT2D eigenvalue weighted by atomic mass is 10.3. The zero-order valence-corrected chi connectivity index (χ0v) is 13.8. The standard InChI is InChI=1S/C19H19N5O/c25-19-16(14-20-22-15-8-2-1-3-9-15)18(23-11-6-7-12-23)21-17-10-4-5-13-24(17)19/h1-5,8-10,13-14,22H,6-7,11-12H2. The molecular formula is C19H19N5O. The smallest absolute Gasteiger partial charge is 0.268 e. The molecule has 3 heterocycles. The number of hydrazone groups is 1. The number of aromatic nitrogens is 2. The van der Waals surface area contributed by atoms with Gasteiger partial charge in [0.2, 0.25) is 0 Å². The predicted octanol–water partition coefficient (Wildman–Crippen LogP) is 2.74. The first-order valence-corrected chi connectivity index (χ1v) is 8.43. The van der Waals surface area contributed by atoms with Crippen LogP contribution in [-0.4, -0.2) is 28.7 Å². The first kappa shape index (κ1) is 15.4. The van der Waals surface area contributed by atoms with Crippen LogP contribution in [0.2, 0.25) is 0 Å². The van der Waals surface area contributed by atoms with Gasteiger partial charge in [-0.3, -0.25) is 14.6 Å². The summed E-state index contributed by atoms with van der Waals surface area (Å²) in [6, 6.07) is 15.2. The molecule has 126 valence electrons. The van der Waals surface area contributed by atoms with Gasteiger partial charge in [0.05, 0.1) is 11.9 Å². The van der Waals surface area contributed by atoms with E-state index in [2.05, 4.69) is 15.4 Å². The van der Waals surface area contributed by atoms with E-state index >= 15 is 0 Å². The molecule has 4 rings (SSSR count). The normalized spacial score (nSPS) is 14.5. The van der Waals surface area contributed by atoms with Crippen LogP contribution in [-0.2, 0) is 0 Å². The first-order chi connectivity index (χ1) is 12.3. The third-order valence-corrected chi connectivity index (χ3v) is 4.32. The van der Waals surface area contributed by atoms with Crippen LogP contribution in [0.25, 0.3) is 5.65 Å². The highest BCUT2D eigenvalue weighted by Gasteiger charge is 2.20. The summed E-state index contributed by atoms with van der Waals surface area (Å²) in [6.07, 6.45) is 5.55. The van der Waals surface area contributed by atoms with Gasteiger partial charge in [-0.05, 0) is 37.1 Å². The third kappa shape index (κ3) is 3.10. The van der Waals surface area contributed by atoms with Crippen LogP contribution >= 0.6 is 0 Å². The summed E-state index contributed by atoms with van der Waals surface area (Å²) in [7, 11) is 0. The molecule has 0 radical (unpaired) electrons. The summed E-state index contributed by atoms with van der Waals surface area (Å²) in [5.74, 6) is 0.715. The summed E-state index contributed by atoms with van der Waals surface area (Å²) >= 11 is 0. The van der Waals surface area contributed by atoms with Gasteiger partial charge < -0.3 is 4.90 Å². The van der Waals surface area contributed by atoms with Crippen LogP contribution in [0.1, 0.15) is 18.4 Å². The quantitative estimate of drug-likeness (QED) is 0.589. The number of benzene rings is 1. The fourth-order valence-electron chi connectivity index (χ4n) is 3.06. The third-order valence-electron chi connectivity index (χ3n) is 4.32. The van der Waals surface area contributed by atoms with Crippen molar-refractivity contribution >= 4 is 23.4 Å². The number of pyridine rings is 1. The average molecular weight is 333 g/mol.